The van der Waals surface area contributed by atoms with E-state index in [0.717, 1.165) is 32.1 Å². The highest BCUT2D eigenvalue weighted by molar-refractivity contribution is 5.78. The van der Waals surface area contributed by atoms with Gasteiger partial charge in [-0.15, -0.1) is 0 Å². The lowest BCUT2D eigenvalue weighted by Crippen LogP contribution is -2.35. The van der Waals surface area contributed by atoms with Crippen molar-refractivity contribution in [2.24, 2.45) is 0 Å². The van der Waals surface area contributed by atoms with Crippen LogP contribution in [-0.2, 0) is 19.1 Å². The van der Waals surface area contributed by atoms with E-state index >= 15 is 0 Å². The first-order chi connectivity index (χ1) is 7.93. The fourth-order valence-electron chi connectivity index (χ4n) is 1.90. The van der Waals surface area contributed by atoms with Crippen molar-refractivity contribution in [2.75, 3.05) is 6.61 Å². The van der Waals surface area contributed by atoms with Gasteiger partial charge in [-0.1, -0.05) is 6.42 Å². The predicted octanol–water partition coefficient (Wildman–Crippen LogP) is 2.06. The second kappa shape index (κ2) is 5.93. The van der Waals surface area contributed by atoms with Crippen LogP contribution in [-0.4, -0.2) is 30.6 Å². The van der Waals surface area contributed by atoms with Crippen LogP contribution in [0.2, 0.25) is 0 Å². The Morgan fingerprint density at radius 3 is 2.35 bits per heavy atom. The number of hydrogen-bond donors (Lipinski definition) is 0. The van der Waals surface area contributed by atoms with Gasteiger partial charge in [-0.3, -0.25) is 0 Å². The summed E-state index contributed by atoms with van der Waals surface area (Å²) in [5, 5.41) is 0. The zero-order valence-corrected chi connectivity index (χ0v) is 9.71. The smallest absolute Gasteiger partial charge is 0.374 e. The van der Waals surface area contributed by atoms with E-state index in [1.165, 1.54) is 0 Å². The highest BCUT2D eigenvalue weighted by atomic mass is 19.3. The van der Waals surface area contributed by atoms with Gasteiger partial charge >= 0.3 is 18.4 Å². The van der Waals surface area contributed by atoms with E-state index in [1.54, 1.807) is 6.92 Å². The van der Waals surface area contributed by atoms with Crippen molar-refractivity contribution in [1.29, 1.82) is 0 Å². The minimum absolute atomic E-state index is 0.549. The first-order valence-corrected chi connectivity index (χ1v) is 5.60. The van der Waals surface area contributed by atoms with E-state index in [4.69, 9.17) is 4.74 Å². The molecule has 98 valence electrons. The van der Waals surface area contributed by atoms with Crippen LogP contribution >= 0.6 is 0 Å². The molecule has 0 N–H and O–H groups in total. The van der Waals surface area contributed by atoms with Crippen LogP contribution in [0, 0.1) is 0 Å². The molecular weight excluding hydrogens is 234 g/mol. The van der Waals surface area contributed by atoms with Crippen molar-refractivity contribution in [1.82, 2.24) is 0 Å². The third-order valence-electron chi connectivity index (χ3n) is 2.78. The van der Waals surface area contributed by atoms with Crippen LogP contribution < -0.4 is 0 Å². The Kier molecular flexibility index (Phi) is 4.84. The maximum absolute atomic E-state index is 11.8. The molecule has 0 radical (unpaired) electrons. The van der Waals surface area contributed by atoms with Crippen LogP contribution in [0.4, 0.5) is 8.78 Å². The van der Waals surface area contributed by atoms with Crippen molar-refractivity contribution in [3.05, 3.63) is 0 Å². The van der Waals surface area contributed by atoms with Gasteiger partial charge in [0.25, 0.3) is 0 Å². The Balaban J connectivity index is 2.31. The SMILES string of the molecule is CC1(OC(=O)COC(=O)C(F)F)CCCCC1. The summed E-state index contributed by atoms with van der Waals surface area (Å²) in [7, 11) is 0. The van der Waals surface area contributed by atoms with Gasteiger partial charge in [0, 0.05) is 0 Å². The molecule has 0 unspecified atom stereocenters. The molecular formula is C11H16F2O4. The van der Waals surface area contributed by atoms with Crippen LogP contribution in [0.1, 0.15) is 39.0 Å². The number of hydrogen-bond acceptors (Lipinski definition) is 4. The molecule has 0 heterocycles. The molecule has 0 aliphatic heterocycles. The molecule has 0 saturated heterocycles. The summed E-state index contributed by atoms with van der Waals surface area (Å²) in [4.78, 5) is 21.7. The molecule has 1 fully saturated rings. The summed E-state index contributed by atoms with van der Waals surface area (Å²) < 4.78 is 32.8. The molecule has 0 aromatic carbocycles. The molecule has 0 aromatic rings. The lowest BCUT2D eigenvalue weighted by atomic mass is 9.86. The quantitative estimate of drug-likeness (QED) is 0.717. The van der Waals surface area contributed by atoms with E-state index in [0.29, 0.717) is 0 Å². The fourth-order valence-corrected chi connectivity index (χ4v) is 1.90. The Labute approximate surface area is 98.3 Å². The van der Waals surface area contributed by atoms with Crippen molar-refractivity contribution < 1.29 is 27.8 Å². The number of alkyl halides is 2. The van der Waals surface area contributed by atoms with E-state index in [2.05, 4.69) is 4.74 Å². The third kappa shape index (κ3) is 4.66. The zero-order chi connectivity index (χ0) is 12.9. The van der Waals surface area contributed by atoms with Gasteiger partial charge in [-0.05, 0) is 32.6 Å². The molecule has 17 heavy (non-hydrogen) atoms. The zero-order valence-electron chi connectivity index (χ0n) is 9.71. The maximum atomic E-state index is 11.8. The van der Waals surface area contributed by atoms with Crippen LogP contribution in [0.15, 0.2) is 0 Å². The second-order valence-corrected chi connectivity index (χ2v) is 4.39. The molecule has 0 atom stereocenters. The normalized spacial score (nSPS) is 18.8. The highest BCUT2D eigenvalue weighted by Crippen LogP contribution is 2.31. The summed E-state index contributed by atoms with van der Waals surface area (Å²) in [5.74, 6) is -2.47. The van der Waals surface area contributed by atoms with Gasteiger partial charge in [-0.2, -0.15) is 8.78 Å². The van der Waals surface area contributed by atoms with Crippen molar-refractivity contribution in [3.8, 4) is 0 Å². The van der Waals surface area contributed by atoms with Gasteiger partial charge in [0.1, 0.15) is 5.60 Å². The fraction of sp³-hybridized carbons (Fsp3) is 0.818. The number of halogens is 2. The van der Waals surface area contributed by atoms with Crippen molar-refractivity contribution >= 4 is 11.9 Å². The minimum Gasteiger partial charge on any atom is -0.457 e. The summed E-state index contributed by atoms with van der Waals surface area (Å²) >= 11 is 0. The molecule has 0 bridgehead atoms. The Morgan fingerprint density at radius 1 is 1.24 bits per heavy atom. The molecule has 6 heteroatoms. The first kappa shape index (κ1) is 13.9. The Bertz CT molecular complexity index is 285. The molecule has 1 saturated carbocycles. The van der Waals surface area contributed by atoms with Gasteiger partial charge in [0.15, 0.2) is 6.61 Å². The van der Waals surface area contributed by atoms with E-state index in [9.17, 15) is 18.4 Å². The summed E-state index contributed by atoms with van der Waals surface area (Å²) in [6.45, 7) is 1.05. The van der Waals surface area contributed by atoms with E-state index in [-0.39, 0.29) is 0 Å². The third-order valence-corrected chi connectivity index (χ3v) is 2.78. The average Bonchev–Trinajstić information content (AvgIpc) is 2.26. The van der Waals surface area contributed by atoms with Crippen LogP contribution in [0.3, 0.4) is 0 Å². The number of carbonyl (C=O) groups excluding carboxylic acids is 2. The number of ether oxygens (including phenoxy) is 2. The standard InChI is InChI=1S/C11H16F2O4/c1-11(5-3-2-4-6-11)17-8(14)7-16-10(15)9(12)13/h9H,2-7H2,1H3. The van der Waals surface area contributed by atoms with E-state index in [1.807, 2.05) is 0 Å². The lowest BCUT2D eigenvalue weighted by Gasteiger charge is -2.33. The number of carbonyl (C=O) groups is 2. The average molecular weight is 250 g/mol. The van der Waals surface area contributed by atoms with E-state index < -0.39 is 30.6 Å². The van der Waals surface area contributed by atoms with Gasteiger partial charge in [0.05, 0.1) is 0 Å². The topological polar surface area (TPSA) is 52.6 Å². The van der Waals surface area contributed by atoms with Crippen LogP contribution in [0.25, 0.3) is 0 Å². The highest BCUT2D eigenvalue weighted by Gasteiger charge is 2.31. The molecule has 0 spiro atoms. The largest absolute Gasteiger partial charge is 0.457 e. The van der Waals surface area contributed by atoms with Gasteiger partial charge in [-0.25, -0.2) is 9.59 Å². The molecule has 0 aromatic heterocycles. The summed E-state index contributed by atoms with van der Waals surface area (Å²) in [5.41, 5.74) is -0.549. The molecule has 1 aliphatic carbocycles. The maximum Gasteiger partial charge on any atom is 0.374 e. The van der Waals surface area contributed by atoms with Crippen molar-refractivity contribution in [2.45, 2.75) is 51.1 Å². The van der Waals surface area contributed by atoms with Crippen molar-refractivity contribution in [3.63, 3.8) is 0 Å². The monoisotopic (exact) mass is 250 g/mol. The predicted molar refractivity (Wildman–Crippen MR) is 54.5 cm³/mol. The Hall–Kier alpha value is -1.20. The van der Waals surface area contributed by atoms with Gasteiger partial charge < -0.3 is 9.47 Å². The second-order valence-electron chi connectivity index (χ2n) is 4.39. The number of rotatable bonds is 4. The molecule has 1 rings (SSSR count). The van der Waals surface area contributed by atoms with Gasteiger partial charge in [0.2, 0.25) is 0 Å². The lowest BCUT2D eigenvalue weighted by molar-refractivity contribution is -0.175. The molecule has 0 amide bonds. The summed E-state index contributed by atoms with van der Waals surface area (Å²) in [6, 6.07) is 0. The molecule has 1 aliphatic rings. The number of esters is 2. The van der Waals surface area contributed by atoms with Crippen LogP contribution in [0.5, 0.6) is 0 Å². The minimum atomic E-state index is -3.21. The summed E-state index contributed by atoms with van der Waals surface area (Å²) in [6.07, 6.45) is 1.34. The molecule has 4 nitrogen and oxygen atoms in total. The Morgan fingerprint density at radius 2 is 1.82 bits per heavy atom. The first-order valence-electron chi connectivity index (χ1n) is 5.60.